The average molecular weight is 624 g/mol. The Morgan fingerprint density at radius 1 is 1.00 bits per heavy atom. The van der Waals surface area contributed by atoms with Crippen molar-refractivity contribution in [2.45, 2.75) is 115 Å². The van der Waals surface area contributed by atoms with Crippen molar-refractivity contribution in [3.8, 4) is 22.8 Å². The lowest BCUT2D eigenvalue weighted by molar-refractivity contribution is -0.157. The maximum Gasteiger partial charge on any atom is 0.328 e. The Balaban J connectivity index is 1.15. The minimum absolute atomic E-state index is 0.0248. The average Bonchev–Trinajstić information content (AvgIpc) is 4.01. The molecule has 2 aromatic carbocycles. The third-order valence-corrected chi connectivity index (χ3v) is 10.9. The van der Waals surface area contributed by atoms with E-state index in [1.165, 1.54) is 47.1 Å². The third kappa shape index (κ3) is 6.82. The van der Waals surface area contributed by atoms with E-state index in [0.717, 1.165) is 56.4 Å². The number of aryl methyl sites for hydroxylation is 1. The molecule has 4 aliphatic rings. The summed E-state index contributed by atoms with van der Waals surface area (Å²) in [4.78, 5) is 25.5. The molecule has 2 aliphatic heterocycles. The molecule has 3 heterocycles. The number of benzene rings is 2. The molecule has 7 rings (SSSR count). The van der Waals surface area contributed by atoms with Crippen molar-refractivity contribution in [1.82, 2.24) is 15.4 Å². The first-order chi connectivity index (χ1) is 22.4. The molecule has 7 heteroatoms. The first kappa shape index (κ1) is 31.2. The quantitative estimate of drug-likeness (QED) is 0.218. The fourth-order valence-electron chi connectivity index (χ4n) is 7.73. The summed E-state index contributed by atoms with van der Waals surface area (Å²) < 4.78 is 12.3. The highest BCUT2D eigenvalue weighted by Gasteiger charge is 2.40. The lowest BCUT2D eigenvalue weighted by atomic mass is 9.82. The molecule has 1 N–H and O–H groups in total. The van der Waals surface area contributed by atoms with E-state index in [0.29, 0.717) is 29.9 Å². The van der Waals surface area contributed by atoms with Gasteiger partial charge in [-0.1, -0.05) is 43.7 Å². The molecular formula is C39H49N3O4. The molecule has 2 aliphatic carbocycles. The molecule has 2 saturated carbocycles. The molecule has 0 bridgehead atoms. The summed E-state index contributed by atoms with van der Waals surface area (Å²) in [6.07, 6.45) is 12.0. The van der Waals surface area contributed by atoms with Crippen LogP contribution in [-0.2, 0) is 22.6 Å². The molecular weight excluding hydrogens is 574 g/mol. The van der Waals surface area contributed by atoms with E-state index in [9.17, 15) is 4.79 Å². The van der Waals surface area contributed by atoms with Gasteiger partial charge in [0, 0.05) is 36.9 Å². The number of hydroxylamine groups is 1. The van der Waals surface area contributed by atoms with Gasteiger partial charge in [0.1, 0.15) is 11.9 Å². The lowest BCUT2D eigenvalue weighted by Crippen LogP contribution is -2.43. The van der Waals surface area contributed by atoms with E-state index in [1.807, 2.05) is 19.2 Å². The van der Waals surface area contributed by atoms with Crippen molar-refractivity contribution in [2.24, 2.45) is 11.8 Å². The first-order valence-electron chi connectivity index (χ1n) is 17.5. The maximum absolute atomic E-state index is 13.0. The van der Waals surface area contributed by atoms with Gasteiger partial charge in [-0.15, -0.1) is 0 Å². The standard InChI is InChI=1S/C39H49N3O4/c1-24-6-5-7-25(2)42(24)23-32-20-30(12-16-34(32)29-18-19-40-37(22-29)44-4)35-17-13-27-8-11-31(21-36(27)45-35)38(28-9-10-28)26(3)39(43)46-41-33-14-15-33/h8,11-12,16,18-22,24-26,28,33,35,38,41H,5-7,9-10,13-15,17,23H2,1-4H3/t24-,25-,26+,35?,38+/m1/s1. The van der Waals surface area contributed by atoms with Crippen LogP contribution < -0.4 is 15.0 Å². The summed E-state index contributed by atoms with van der Waals surface area (Å²) >= 11 is 0. The van der Waals surface area contributed by atoms with Crippen LogP contribution in [-0.4, -0.2) is 41.1 Å². The third-order valence-electron chi connectivity index (χ3n) is 10.9. The molecule has 1 saturated heterocycles. The normalized spacial score (nSPS) is 24.4. The Bertz CT molecular complexity index is 1540. The van der Waals surface area contributed by atoms with Gasteiger partial charge in [-0.25, -0.2) is 4.98 Å². The van der Waals surface area contributed by atoms with Gasteiger partial charge < -0.3 is 14.3 Å². The SMILES string of the molecule is COc1cc(-c2ccc(C3CCc4ccc([C@H](C5CC5)[C@H](C)C(=O)ONC5CC5)cc4O3)cc2CN2[C@H](C)CCC[C@H]2C)ccn1. The van der Waals surface area contributed by atoms with Gasteiger partial charge in [0.15, 0.2) is 0 Å². The van der Waals surface area contributed by atoms with Crippen molar-refractivity contribution >= 4 is 5.97 Å². The Hall–Kier alpha value is -3.42. The smallest absolute Gasteiger partial charge is 0.328 e. The van der Waals surface area contributed by atoms with Crippen LogP contribution in [0.5, 0.6) is 11.6 Å². The second-order valence-corrected chi connectivity index (χ2v) is 14.3. The molecule has 46 heavy (non-hydrogen) atoms. The van der Waals surface area contributed by atoms with Gasteiger partial charge in [-0.2, -0.15) is 5.48 Å². The largest absolute Gasteiger partial charge is 0.485 e. The van der Waals surface area contributed by atoms with Crippen LogP contribution in [0.3, 0.4) is 0 Å². The van der Waals surface area contributed by atoms with Crippen molar-refractivity contribution in [3.05, 3.63) is 77.0 Å². The van der Waals surface area contributed by atoms with E-state index >= 15 is 0 Å². The summed E-state index contributed by atoms with van der Waals surface area (Å²) in [6, 6.07) is 19.1. The van der Waals surface area contributed by atoms with Crippen LogP contribution in [0, 0.1) is 11.8 Å². The molecule has 1 aromatic heterocycles. The van der Waals surface area contributed by atoms with E-state index in [4.69, 9.17) is 14.3 Å². The molecule has 3 aromatic rings. The Kier molecular flexibility index (Phi) is 9.06. The highest BCUT2D eigenvalue weighted by atomic mass is 16.7. The van der Waals surface area contributed by atoms with Gasteiger partial charge in [-0.05, 0) is 123 Å². The first-order valence-corrected chi connectivity index (χ1v) is 17.5. The summed E-state index contributed by atoms with van der Waals surface area (Å²) in [7, 11) is 1.67. The van der Waals surface area contributed by atoms with Gasteiger partial charge >= 0.3 is 5.97 Å². The van der Waals surface area contributed by atoms with E-state index in [1.54, 1.807) is 7.11 Å². The number of likely N-dealkylation sites (tertiary alicyclic amines) is 1. The summed E-state index contributed by atoms with van der Waals surface area (Å²) in [5.41, 5.74) is 10.3. The molecule has 0 radical (unpaired) electrons. The van der Waals surface area contributed by atoms with Crippen molar-refractivity contribution in [3.63, 3.8) is 0 Å². The number of hydrogen-bond acceptors (Lipinski definition) is 7. The highest BCUT2D eigenvalue weighted by molar-refractivity contribution is 5.73. The summed E-state index contributed by atoms with van der Waals surface area (Å²) in [5.74, 6) is 1.87. The van der Waals surface area contributed by atoms with Crippen LogP contribution in [0.25, 0.3) is 11.1 Å². The van der Waals surface area contributed by atoms with E-state index in [-0.39, 0.29) is 23.9 Å². The minimum Gasteiger partial charge on any atom is -0.485 e. The number of methoxy groups -OCH3 is 1. The number of hydrogen-bond donors (Lipinski definition) is 1. The number of pyridine rings is 1. The van der Waals surface area contributed by atoms with Gasteiger partial charge in [0.25, 0.3) is 0 Å². The number of carbonyl (C=O) groups is 1. The second kappa shape index (κ2) is 13.4. The van der Waals surface area contributed by atoms with Gasteiger partial charge in [-0.3, -0.25) is 9.69 Å². The predicted octanol–water partition coefficient (Wildman–Crippen LogP) is 7.93. The van der Waals surface area contributed by atoms with Crippen molar-refractivity contribution in [2.75, 3.05) is 7.11 Å². The van der Waals surface area contributed by atoms with Crippen LogP contribution in [0.15, 0.2) is 54.7 Å². The maximum atomic E-state index is 13.0. The van der Waals surface area contributed by atoms with Crippen LogP contribution in [0.4, 0.5) is 0 Å². The van der Waals surface area contributed by atoms with Gasteiger partial charge in [0.2, 0.25) is 5.88 Å². The number of nitrogens with zero attached hydrogens (tertiary/aromatic N) is 2. The number of ether oxygens (including phenoxy) is 2. The number of rotatable bonds is 11. The fourth-order valence-corrected chi connectivity index (χ4v) is 7.73. The summed E-state index contributed by atoms with van der Waals surface area (Å²) in [6.45, 7) is 7.66. The molecule has 244 valence electrons. The van der Waals surface area contributed by atoms with Crippen molar-refractivity contribution < 1.29 is 19.1 Å². The molecule has 0 amide bonds. The fraction of sp³-hybridized carbons (Fsp3) is 0.538. The van der Waals surface area contributed by atoms with Crippen molar-refractivity contribution in [1.29, 1.82) is 0 Å². The van der Waals surface area contributed by atoms with Crippen LogP contribution in [0.1, 0.15) is 106 Å². The lowest BCUT2D eigenvalue weighted by Gasteiger charge is -2.39. The zero-order valence-electron chi connectivity index (χ0n) is 27.8. The summed E-state index contributed by atoms with van der Waals surface area (Å²) in [5, 5.41) is 0. The monoisotopic (exact) mass is 623 g/mol. The van der Waals surface area contributed by atoms with Crippen LogP contribution in [0.2, 0.25) is 0 Å². The topological polar surface area (TPSA) is 72.9 Å². The van der Waals surface area contributed by atoms with E-state index < -0.39 is 0 Å². The zero-order chi connectivity index (χ0) is 31.8. The molecule has 5 atom stereocenters. The molecule has 0 spiro atoms. The molecule has 3 fully saturated rings. The molecule has 7 nitrogen and oxygen atoms in total. The number of fused-ring (bicyclic) bond motifs is 1. The Morgan fingerprint density at radius 3 is 2.54 bits per heavy atom. The number of piperidine rings is 1. The second-order valence-electron chi connectivity index (χ2n) is 14.3. The van der Waals surface area contributed by atoms with Crippen LogP contribution >= 0.6 is 0 Å². The Labute approximate surface area is 274 Å². The Morgan fingerprint density at radius 2 is 1.80 bits per heavy atom. The predicted molar refractivity (Wildman–Crippen MR) is 180 cm³/mol. The number of carbonyl (C=O) groups excluding carboxylic acids is 1. The highest BCUT2D eigenvalue weighted by Crippen LogP contribution is 2.49. The number of aromatic nitrogens is 1. The van der Waals surface area contributed by atoms with Gasteiger partial charge in [0.05, 0.1) is 13.0 Å². The molecule has 1 unspecified atom stereocenters. The number of nitrogens with one attached hydrogen (secondary N) is 1. The van der Waals surface area contributed by atoms with E-state index in [2.05, 4.69) is 71.7 Å². The zero-order valence-corrected chi connectivity index (χ0v) is 27.8. The minimum atomic E-state index is -0.210.